The Morgan fingerprint density at radius 2 is 1.84 bits per heavy atom. The fraction of sp³-hybridized carbons (Fsp3) is 0.500. The van der Waals surface area contributed by atoms with E-state index in [1.165, 1.54) is 17.7 Å². The number of fused-ring (bicyclic) bond motifs is 2. The van der Waals surface area contributed by atoms with Crippen molar-refractivity contribution in [1.82, 2.24) is 4.90 Å². The summed E-state index contributed by atoms with van der Waals surface area (Å²) in [5.41, 5.74) is -3.46. The van der Waals surface area contributed by atoms with E-state index in [0.717, 1.165) is 50.8 Å². The number of nitrogens with zero attached hydrogens (tertiary/aromatic N) is 1. The minimum Gasteiger partial charge on any atom is -0.376 e. The van der Waals surface area contributed by atoms with Gasteiger partial charge in [0.05, 0.1) is 0 Å². The lowest BCUT2D eigenvalue weighted by Gasteiger charge is -2.56. The highest BCUT2D eigenvalue weighted by Gasteiger charge is 2.50. The van der Waals surface area contributed by atoms with Gasteiger partial charge in [-0.3, -0.25) is 4.90 Å². The fourth-order valence-electron chi connectivity index (χ4n) is 5.61. The van der Waals surface area contributed by atoms with E-state index in [9.17, 15) is 21.6 Å². The van der Waals surface area contributed by atoms with Gasteiger partial charge in [-0.1, -0.05) is 55.8 Å². The van der Waals surface area contributed by atoms with Gasteiger partial charge in [0, 0.05) is 18.0 Å². The second kappa shape index (κ2) is 8.71. The lowest BCUT2D eigenvalue weighted by molar-refractivity contribution is -0.0500. The number of benzene rings is 2. The van der Waals surface area contributed by atoms with Crippen LogP contribution in [0, 0.1) is 5.92 Å². The van der Waals surface area contributed by atoms with Crippen molar-refractivity contribution in [2.24, 2.45) is 5.92 Å². The van der Waals surface area contributed by atoms with Gasteiger partial charge < -0.3 is 4.18 Å². The molecule has 1 aliphatic heterocycles. The zero-order chi connectivity index (χ0) is 23.0. The largest absolute Gasteiger partial charge is 0.534 e. The Morgan fingerprint density at radius 3 is 2.56 bits per heavy atom. The Bertz CT molecular complexity index is 1040. The molecule has 1 aliphatic carbocycles. The molecule has 1 saturated heterocycles. The second-order valence-corrected chi connectivity index (χ2v) is 10.5. The van der Waals surface area contributed by atoms with Crippen LogP contribution in [0.1, 0.15) is 43.7 Å². The van der Waals surface area contributed by atoms with Crippen LogP contribution in [-0.4, -0.2) is 38.0 Å². The van der Waals surface area contributed by atoms with Gasteiger partial charge in [-0.05, 0) is 61.4 Å². The number of likely N-dealkylation sites (tertiary alicyclic amines) is 1. The van der Waals surface area contributed by atoms with Crippen molar-refractivity contribution in [3.8, 4) is 5.75 Å². The van der Waals surface area contributed by atoms with Crippen LogP contribution in [-0.2, 0) is 22.0 Å². The molecule has 3 unspecified atom stereocenters. The molecule has 0 aromatic heterocycles. The van der Waals surface area contributed by atoms with Crippen molar-refractivity contribution < 1.29 is 25.8 Å². The number of halogens is 3. The molecule has 2 bridgehead atoms. The Morgan fingerprint density at radius 1 is 1.09 bits per heavy atom. The molecule has 0 N–H and O–H groups in total. The van der Waals surface area contributed by atoms with Gasteiger partial charge in [-0.15, -0.1) is 0 Å². The molecule has 4 nitrogen and oxygen atoms in total. The second-order valence-electron chi connectivity index (χ2n) is 8.94. The smallest absolute Gasteiger partial charge is 0.376 e. The molecule has 0 spiro atoms. The van der Waals surface area contributed by atoms with E-state index in [2.05, 4.69) is 28.1 Å². The molecule has 3 atom stereocenters. The van der Waals surface area contributed by atoms with Crippen molar-refractivity contribution in [1.29, 1.82) is 0 Å². The number of alkyl halides is 3. The molecule has 2 aromatic carbocycles. The van der Waals surface area contributed by atoms with E-state index >= 15 is 0 Å². The number of hydrogen-bond acceptors (Lipinski definition) is 4. The number of piperidine rings is 1. The molecule has 2 fully saturated rings. The van der Waals surface area contributed by atoms with Gasteiger partial charge in [0.25, 0.3) is 0 Å². The summed E-state index contributed by atoms with van der Waals surface area (Å²) in [7, 11) is -5.69. The molecule has 1 saturated carbocycles. The van der Waals surface area contributed by atoms with Crippen LogP contribution in [0.3, 0.4) is 0 Å². The van der Waals surface area contributed by atoms with Gasteiger partial charge in [-0.2, -0.15) is 21.6 Å². The molecule has 0 radical (unpaired) electrons. The molecule has 2 aromatic rings. The highest BCUT2D eigenvalue weighted by molar-refractivity contribution is 7.88. The van der Waals surface area contributed by atoms with Crippen molar-refractivity contribution in [2.45, 2.75) is 56.0 Å². The zero-order valence-electron chi connectivity index (χ0n) is 18.0. The summed E-state index contributed by atoms with van der Waals surface area (Å²) in [5.74, 6) is 0.0188. The third-order valence-electron chi connectivity index (χ3n) is 7.31. The first-order valence-corrected chi connectivity index (χ1v) is 12.4. The standard InChI is InChI=1S/C24H28F3NO3S/c1-18-22-11-6-13-23(18,14-16-28(22)15-12-19-7-3-2-4-8-19)20-9-5-10-21(17-20)31-32(29,30)24(25,26)27/h2-5,7-10,17-18,22H,6,11-16H2,1H3. The van der Waals surface area contributed by atoms with Gasteiger partial charge in [-0.25, -0.2) is 0 Å². The maximum atomic E-state index is 12.8. The van der Waals surface area contributed by atoms with Crippen LogP contribution < -0.4 is 4.18 Å². The summed E-state index contributed by atoms with van der Waals surface area (Å²) in [6.45, 7) is 4.11. The third-order valence-corrected chi connectivity index (χ3v) is 8.29. The number of hydrogen-bond donors (Lipinski definition) is 0. The van der Waals surface area contributed by atoms with Gasteiger partial charge >= 0.3 is 15.6 Å². The Labute approximate surface area is 187 Å². The average molecular weight is 468 g/mol. The third kappa shape index (κ3) is 4.39. The molecule has 4 rings (SSSR count). The summed E-state index contributed by atoms with van der Waals surface area (Å²) >= 11 is 0. The van der Waals surface area contributed by atoms with Crippen LogP contribution >= 0.6 is 0 Å². The predicted molar refractivity (Wildman–Crippen MR) is 117 cm³/mol. The normalized spacial score (nSPS) is 26.6. The highest BCUT2D eigenvalue weighted by Crippen LogP contribution is 2.51. The van der Waals surface area contributed by atoms with E-state index in [1.807, 2.05) is 24.3 Å². The van der Waals surface area contributed by atoms with E-state index in [1.54, 1.807) is 6.07 Å². The monoisotopic (exact) mass is 467 g/mol. The molecular weight excluding hydrogens is 439 g/mol. The molecule has 32 heavy (non-hydrogen) atoms. The van der Waals surface area contributed by atoms with E-state index < -0.39 is 15.6 Å². The van der Waals surface area contributed by atoms with Crippen LogP contribution in [0.5, 0.6) is 5.75 Å². The summed E-state index contributed by atoms with van der Waals surface area (Å²) in [6, 6.07) is 17.0. The maximum absolute atomic E-state index is 12.8. The lowest BCUT2D eigenvalue weighted by atomic mass is 9.57. The molecule has 1 heterocycles. The Hall–Kier alpha value is -2.06. The van der Waals surface area contributed by atoms with E-state index in [0.29, 0.717) is 12.0 Å². The molecule has 2 aliphatic rings. The van der Waals surface area contributed by atoms with Crippen molar-refractivity contribution in [2.75, 3.05) is 13.1 Å². The van der Waals surface area contributed by atoms with Crippen LogP contribution in [0.25, 0.3) is 0 Å². The molecular formula is C24H28F3NO3S. The van der Waals surface area contributed by atoms with Crippen molar-refractivity contribution in [3.05, 3.63) is 65.7 Å². The van der Waals surface area contributed by atoms with Crippen LogP contribution in [0.2, 0.25) is 0 Å². The first-order chi connectivity index (χ1) is 15.1. The molecule has 0 amide bonds. The first kappa shape index (κ1) is 23.1. The first-order valence-electron chi connectivity index (χ1n) is 11.0. The van der Waals surface area contributed by atoms with E-state index in [4.69, 9.17) is 0 Å². The summed E-state index contributed by atoms with van der Waals surface area (Å²) in [5, 5.41) is 0. The quantitative estimate of drug-likeness (QED) is 0.428. The minimum atomic E-state index is -5.69. The SMILES string of the molecule is CC1C2CCCC1(c1cccc(OS(=O)(=O)C(F)(F)F)c1)CCN2CCc1ccccc1. The van der Waals surface area contributed by atoms with Gasteiger partial charge in [0.2, 0.25) is 0 Å². The maximum Gasteiger partial charge on any atom is 0.534 e. The molecule has 174 valence electrons. The fourth-order valence-corrected chi connectivity index (χ4v) is 6.06. The van der Waals surface area contributed by atoms with Crippen LogP contribution in [0.4, 0.5) is 13.2 Å². The van der Waals surface area contributed by atoms with Crippen molar-refractivity contribution >= 4 is 10.1 Å². The van der Waals surface area contributed by atoms with Crippen LogP contribution in [0.15, 0.2) is 54.6 Å². The highest BCUT2D eigenvalue weighted by atomic mass is 32.2. The van der Waals surface area contributed by atoms with Crippen molar-refractivity contribution in [3.63, 3.8) is 0 Å². The predicted octanol–water partition coefficient (Wildman–Crippen LogP) is 5.29. The Balaban J connectivity index is 1.53. The zero-order valence-corrected chi connectivity index (χ0v) is 18.8. The lowest BCUT2D eigenvalue weighted by Crippen LogP contribution is -2.58. The summed E-state index contributed by atoms with van der Waals surface area (Å²) in [6.07, 6.45) is 4.93. The molecule has 8 heteroatoms. The minimum absolute atomic E-state index is 0.187. The average Bonchev–Trinajstić information content (AvgIpc) is 2.73. The summed E-state index contributed by atoms with van der Waals surface area (Å²) in [4.78, 5) is 2.55. The topological polar surface area (TPSA) is 46.6 Å². The van der Waals surface area contributed by atoms with E-state index in [-0.39, 0.29) is 11.2 Å². The number of rotatable bonds is 6. The summed E-state index contributed by atoms with van der Waals surface area (Å²) < 4.78 is 65.6. The van der Waals surface area contributed by atoms with Gasteiger partial charge in [0.1, 0.15) is 5.75 Å². The Kier molecular flexibility index (Phi) is 6.29. The van der Waals surface area contributed by atoms with Gasteiger partial charge in [0.15, 0.2) is 0 Å².